The molecule has 0 atom stereocenters. The van der Waals surface area contributed by atoms with Gasteiger partial charge in [-0.25, -0.2) is 0 Å². The Morgan fingerprint density at radius 1 is 0.781 bits per heavy atom. The number of hydrogen-bond acceptors (Lipinski definition) is 6. The Morgan fingerprint density at radius 2 is 1.28 bits per heavy atom. The van der Waals surface area contributed by atoms with Gasteiger partial charge in [-0.1, -0.05) is 50.1 Å². The first-order chi connectivity index (χ1) is 15.6. The Balaban J connectivity index is 2.03. The molecule has 3 rings (SSSR count). The van der Waals surface area contributed by atoms with Crippen molar-refractivity contribution in [2.45, 2.75) is 42.4 Å². The van der Waals surface area contributed by atoms with E-state index in [0.717, 1.165) is 51.7 Å². The number of anilines is 2. The number of benzene rings is 2. The summed E-state index contributed by atoms with van der Waals surface area (Å²) in [6, 6.07) is 19.6. The fourth-order valence-corrected chi connectivity index (χ4v) is 4.74. The smallest absolute Gasteiger partial charge is 0.130 e. The molecule has 2 aromatic rings. The van der Waals surface area contributed by atoms with Crippen LogP contribution in [-0.2, 0) is 0 Å². The van der Waals surface area contributed by atoms with Gasteiger partial charge in [-0.15, -0.1) is 0 Å². The molecule has 0 saturated heterocycles. The minimum absolute atomic E-state index is 0.0653. The van der Waals surface area contributed by atoms with E-state index in [1.54, 1.807) is 23.9 Å². The molecular formula is C26H21N5S. The number of nitriles is 4. The molecule has 0 N–H and O–H groups in total. The van der Waals surface area contributed by atoms with Crippen molar-refractivity contribution in [2.24, 2.45) is 0 Å². The quantitative estimate of drug-likeness (QED) is 0.353. The molecule has 5 nitrogen and oxygen atoms in total. The van der Waals surface area contributed by atoms with E-state index >= 15 is 0 Å². The molecule has 1 heterocycles. The van der Waals surface area contributed by atoms with Gasteiger partial charge in [0.25, 0.3) is 0 Å². The Morgan fingerprint density at radius 3 is 1.72 bits per heavy atom. The van der Waals surface area contributed by atoms with E-state index in [2.05, 4.69) is 11.8 Å². The van der Waals surface area contributed by atoms with Crippen molar-refractivity contribution in [3.8, 4) is 24.3 Å². The lowest BCUT2D eigenvalue weighted by atomic mass is 10.1. The molecule has 1 aliphatic rings. The van der Waals surface area contributed by atoms with Crippen LogP contribution >= 0.6 is 11.8 Å². The summed E-state index contributed by atoms with van der Waals surface area (Å²) in [5.41, 5.74) is 3.94. The van der Waals surface area contributed by atoms with E-state index in [0.29, 0.717) is 0 Å². The second-order valence-corrected chi connectivity index (χ2v) is 8.42. The zero-order chi connectivity index (χ0) is 22.9. The maximum atomic E-state index is 9.08. The summed E-state index contributed by atoms with van der Waals surface area (Å²) in [6.07, 6.45) is 7.79. The van der Waals surface area contributed by atoms with Crippen LogP contribution in [0.15, 0.2) is 57.3 Å². The molecule has 0 aliphatic carbocycles. The largest absolute Gasteiger partial charge is 0.340 e. The first-order valence-corrected chi connectivity index (χ1v) is 11.2. The Bertz CT molecular complexity index is 1120. The second-order valence-electron chi connectivity index (χ2n) is 7.33. The third-order valence-electron chi connectivity index (χ3n) is 5.11. The van der Waals surface area contributed by atoms with E-state index in [4.69, 9.17) is 21.0 Å². The van der Waals surface area contributed by atoms with Crippen LogP contribution in [0, 0.1) is 45.3 Å². The number of unbranched alkanes of at least 4 members (excludes halogenated alkanes) is 3. The molecule has 0 bridgehead atoms. The normalized spacial score (nSPS) is 11.0. The highest BCUT2D eigenvalue weighted by Gasteiger charge is 2.23. The van der Waals surface area contributed by atoms with Gasteiger partial charge in [0, 0.05) is 16.3 Å². The number of nitrogens with zero attached hydrogens (tertiary/aromatic N) is 5. The topological polar surface area (TPSA) is 98.4 Å². The third kappa shape index (κ3) is 5.19. The van der Waals surface area contributed by atoms with Gasteiger partial charge in [0.1, 0.15) is 35.4 Å². The van der Waals surface area contributed by atoms with E-state index in [9.17, 15) is 0 Å². The average Bonchev–Trinajstić information content (AvgIpc) is 2.82. The lowest BCUT2D eigenvalue weighted by Crippen LogP contribution is -2.22. The van der Waals surface area contributed by atoms with Crippen molar-refractivity contribution in [1.82, 2.24) is 0 Å². The third-order valence-corrected chi connectivity index (χ3v) is 6.20. The summed E-state index contributed by atoms with van der Waals surface area (Å²) >= 11 is 1.61. The first-order valence-electron chi connectivity index (χ1n) is 10.4. The van der Waals surface area contributed by atoms with E-state index < -0.39 is 0 Å². The number of rotatable bonds is 7. The Labute approximate surface area is 193 Å². The first kappa shape index (κ1) is 22.7. The molecular weight excluding hydrogens is 414 g/mol. The minimum atomic E-state index is 0.0653. The van der Waals surface area contributed by atoms with Gasteiger partial charge in [-0.2, -0.15) is 21.0 Å². The van der Waals surface area contributed by atoms with Crippen LogP contribution in [0.3, 0.4) is 0 Å². The van der Waals surface area contributed by atoms with Gasteiger partial charge < -0.3 is 4.90 Å². The predicted molar refractivity (Wildman–Crippen MR) is 127 cm³/mol. The van der Waals surface area contributed by atoms with E-state index in [1.807, 2.05) is 60.7 Å². The maximum absolute atomic E-state index is 9.08. The van der Waals surface area contributed by atoms with Crippen molar-refractivity contribution in [2.75, 3.05) is 11.4 Å². The van der Waals surface area contributed by atoms with Crippen LogP contribution < -0.4 is 4.90 Å². The van der Waals surface area contributed by atoms with Gasteiger partial charge in [0.05, 0.1) is 11.4 Å². The molecule has 6 heteroatoms. The predicted octanol–water partition coefficient (Wildman–Crippen LogP) is 6.73. The molecule has 1 aliphatic heterocycles. The Hall–Kier alpha value is -3.97. The number of fused-ring (bicyclic) bond motifs is 2. The number of allylic oxidation sites excluding steroid dienone is 2. The number of hydrogen-bond donors (Lipinski definition) is 0. The summed E-state index contributed by atoms with van der Waals surface area (Å²) in [7, 11) is 0. The van der Waals surface area contributed by atoms with E-state index in [1.165, 1.54) is 12.8 Å². The van der Waals surface area contributed by atoms with Crippen molar-refractivity contribution in [3.63, 3.8) is 0 Å². The maximum Gasteiger partial charge on any atom is 0.130 e. The molecule has 0 aromatic heterocycles. The van der Waals surface area contributed by atoms with Crippen molar-refractivity contribution < 1.29 is 0 Å². The Kier molecular flexibility index (Phi) is 7.72. The molecule has 0 unspecified atom stereocenters. The SMILES string of the molecule is CCCCCCN1c2ccc(C=C(C#N)C#N)cc2Sc2cc(C=C(C#N)C#N)ccc21. The molecule has 0 saturated carbocycles. The molecule has 0 radical (unpaired) electrons. The highest BCUT2D eigenvalue weighted by Crippen LogP contribution is 2.49. The summed E-state index contributed by atoms with van der Waals surface area (Å²) < 4.78 is 0. The molecule has 2 aromatic carbocycles. The highest BCUT2D eigenvalue weighted by molar-refractivity contribution is 7.99. The molecule has 0 amide bonds. The summed E-state index contributed by atoms with van der Waals surface area (Å²) in [5.74, 6) is 0. The van der Waals surface area contributed by atoms with Gasteiger partial charge in [-0.05, 0) is 54.0 Å². The van der Waals surface area contributed by atoms with Gasteiger partial charge in [0.2, 0.25) is 0 Å². The standard InChI is InChI=1S/C26H21N5S/c1-2-3-4-5-10-31-23-8-6-19(11-21(15-27)16-28)13-25(23)32-26-14-20(7-9-24(26)31)12-22(17-29)18-30/h6-9,11-14H,2-5,10H2,1H3. The van der Waals surface area contributed by atoms with Gasteiger partial charge >= 0.3 is 0 Å². The minimum Gasteiger partial charge on any atom is -0.340 e. The van der Waals surface area contributed by atoms with Crippen LogP contribution in [0.1, 0.15) is 43.7 Å². The van der Waals surface area contributed by atoms with Crippen LogP contribution in [0.5, 0.6) is 0 Å². The summed E-state index contributed by atoms with van der Waals surface area (Å²) in [5, 5.41) is 36.3. The fraction of sp³-hybridized carbons (Fsp3) is 0.231. The van der Waals surface area contributed by atoms with Crippen LogP contribution in [-0.4, -0.2) is 6.54 Å². The van der Waals surface area contributed by atoms with Crippen LogP contribution in [0.2, 0.25) is 0 Å². The van der Waals surface area contributed by atoms with Crippen molar-refractivity contribution in [3.05, 3.63) is 58.7 Å². The summed E-state index contributed by atoms with van der Waals surface area (Å²) in [4.78, 5) is 4.39. The lowest BCUT2D eigenvalue weighted by Gasteiger charge is -2.33. The second kappa shape index (κ2) is 10.9. The van der Waals surface area contributed by atoms with Gasteiger partial charge in [0.15, 0.2) is 0 Å². The van der Waals surface area contributed by atoms with Crippen LogP contribution in [0.25, 0.3) is 12.2 Å². The van der Waals surface area contributed by atoms with E-state index in [-0.39, 0.29) is 11.1 Å². The molecule has 156 valence electrons. The molecule has 32 heavy (non-hydrogen) atoms. The summed E-state index contributed by atoms with van der Waals surface area (Å²) in [6.45, 7) is 3.08. The molecule has 0 spiro atoms. The van der Waals surface area contributed by atoms with Crippen molar-refractivity contribution >= 4 is 35.3 Å². The van der Waals surface area contributed by atoms with Crippen molar-refractivity contribution in [1.29, 1.82) is 21.0 Å². The highest BCUT2D eigenvalue weighted by atomic mass is 32.2. The fourth-order valence-electron chi connectivity index (χ4n) is 3.55. The lowest BCUT2D eigenvalue weighted by molar-refractivity contribution is 0.665. The van der Waals surface area contributed by atoms with Crippen LogP contribution in [0.4, 0.5) is 11.4 Å². The zero-order valence-corrected chi connectivity index (χ0v) is 18.6. The van der Waals surface area contributed by atoms with Gasteiger partial charge in [-0.3, -0.25) is 0 Å². The average molecular weight is 436 g/mol. The zero-order valence-electron chi connectivity index (χ0n) is 17.8. The monoisotopic (exact) mass is 435 g/mol. The molecule has 0 fully saturated rings.